The molecule has 2 aromatic rings. The molecule has 0 aliphatic heterocycles. The number of carbonyl (C=O) groups is 1. The first-order valence-electron chi connectivity index (χ1n) is 6.22. The van der Waals surface area contributed by atoms with E-state index >= 15 is 0 Å². The summed E-state index contributed by atoms with van der Waals surface area (Å²) in [5, 5.41) is 6.80. The zero-order valence-electron chi connectivity index (χ0n) is 11.5. The lowest BCUT2D eigenvalue weighted by atomic mass is 10.1. The monoisotopic (exact) mass is 258 g/mol. The number of nitrogens with zero attached hydrogens (tertiary/aromatic N) is 3. The summed E-state index contributed by atoms with van der Waals surface area (Å²) >= 11 is 0. The van der Waals surface area contributed by atoms with Crippen molar-refractivity contribution < 1.29 is 4.79 Å². The smallest absolute Gasteiger partial charge is 0.227 e. The second kappa shape index (κ2) is 5.65. The average molecular weight is 258 g/mol. The van der Waals surface area contributed by atoms with Crippen molar-refractivity contribution in [3.63, 3.8) is 0 Å². The van der Waals surface area contributed by atoms with E-state index in [0.29, 0.717) is 18.8 Å². The number of aryl methyl sites for hydroxylation is 2. The van der Waals surface area contributed by atoms with E-state index in [4.69, 9.17) is 0 Å². The van der Waals surface area contributed by atoms with Crippen molar-refractivity contribution in [1.29, 1.82) is 0 Å². The summed E-state index contributed by atoms with van der Waals surface area (Å²) in [5.41, 5.74) is 2.22. The van der Waals surface area contributed by atoms with Gasteiger partial charge in [0.1, 0.15) is 5.82 Å². The highest BCUT2D eigenvalue weighted by molar-refractivity contribution is 5.78. The number of carbonyl (C=O) groups excluding carboxylic acids is 1. The maximum Gasteiger partial charge on any atom is 0.227 e. The molecule has 1 heterocycles. The molecular formula is C14H18N4O. The van der Waals surface area contributed by atoms with Gasteiger partial charge in [-0.2, -0.15) is 5.10 Å². The molecule has 1 amide bonds. The minimum Gasteiger partial charge on any atom is -0.338 e. The number of hydrogen-bond donors (Lipinski definition) is 1. The zero-order valence-corrected chi connectivity index (χ0v) is 11.5. The van der Waals surface area contributed by atoms with E-state index in [2.05, 4.69) is 15.2 Å². The number of aromatic amines is 1. The Morgan fingerprint density at radius 2 is 1.95 bits per heavy atom. The van der Waals surface area contributed by atoms with E-state index in [9.17, 15) is 4.79 Å². The fraction of sp³-hybridized carbons (Fsp3) is 0.357. The summed E-state index contributed by atoms with van der Waals surface area (Å²) in [7, 11) is 1.77. The largest absolute Gasteiger partial charge is 0.338 e. The molecule has 19 heavy (non-hydrogen) atoms. The molecule has 0 aliphatic carbocycles. The highest BCUT2D eigenvalue weighted by atomic mass is 16.2. The van der Waals surface area contributed by atoms with Crippen LogP contribution in [0.2, 0.25) is 0 Å². The zero-order chi connectivity index (χ0) is 13.8. The SMILES string of the molecule is Cc1ccc(CC(=O)N(C)Cc2n[nH]c(C)n2)cc1. The molecule has 0 saturated carbocycles. The van der Waals surface area contributed by atoms with Crippen LogP contribution in [-0.2, 0) is 17.8 Å². The Kier molecular flexibility index (Phi) is 3.94. The summed E-state index contributed by atoms with van der Waals surface area (Å²) < 4.78 is 0. The molecule has 0 aliphatic rings. The number of nitrogens with one attached hydrogen (secondary N) is 1. The summed E-state index contributed by atoms with van der Waals surface area (Å²) in [5.74, 6) is 1.46. The molecule has 5 heteroatoms. The molecule has 0 fully saturated rings. The van der Waals surface area contributed by atoms with Gasteiger partial charge in [-0.25, -0.2) is 4.98 Å². The van der Waals surface area contributed by atoms with Crippen LogP contribution in [0.4, 0.5) is 0 Å². The lowest BCUT2D eigenvalue weighted by Gasteiger charge is -2.15. The normalized spacial score (nSPS) is 10.5. The standard InChI is InChI=1S/C14H18N4O/c1-10-4-6-12(7-5-10)8-14(19)18(3)9-13-15-11(2)16-17-13/h4-7H,8-9H2,1-3H3,(H,15,16,17). The molecular weight excluding hydrogens is 240 g/mol. The van der Waals surface area contributed by atoms with E-state index in [1.807, 2.05) is 38.1 Å². The number of H-pyrrole nitrogens is 1. The molecule has 1 aromatic carbocycles. The van der Waals surface area contributed by atoms with Gasteiger partial charge >= 0.3 is 0 Å². The van der Waals surface area contributed by atoms with E-state index in [1.54, 1.807) is 11.9 Å². The van der Waals surface area contributed by atoms with Crippen LogP contribution in [0.1, 0.15) is 22.8 Å². The first-order chi connectivity index (χ1) is 9.04. The van der Waals surface area contributed by atoms with Gasteiger partial charge in [0.15, 0.2) is 5.82 Å². The molecule has 0 saturated heterocycles. The van der Waals surface area contributed by atoms with Gasteiger partial charge in [0.05, 0.1) is 13.0 Å². The molecule has 1 N–H and O–H groups in total. The van der Waals surface area contributed by atoms with Gasteiger partial charge in [-0.1, -0.05) is 29.8 Å². The number of aromatic nitrogens is 3. The van der Waals surface area contributed by atoms with Gasteiger partial charge < -0.3 is 4.90 Å². The minimum absolute atomic E-state index is 0.0614. The Bertz CT molecular complexity index is 559. The Morgan fingerprint density at radius 3 is 2.53 bits per heavy atom. The van der Waals surface area contributed by atoms with Gasteiger partial charge in [0, 0.05) is 7.05 Å². The fourth-order valence-electron chi connectivity index (χ4n) is 1.78. The van der Waals surface area contributed by atoms with Crippen molar-refractivity contribution in [3.05, 3.63) is 47.0 Å². The third-order valence-electron chi connectivity index (χ3n) is 2.92. The second-order valence-corrected chi connectivity index (χ2v) is 4.75. The van der Waals surface area contributed by atoms with Crippen molar-refractivity contribution >= 4 is 5.91 Å². The molecule has 1 aromatic heterocycles. The van der Waals surface area contributed by atoms with E-state index in [1.165, 1.54) is 5.56 Å². The third-order valence-corrected chi connectivity index (χ3v) is 2.92. The van der Waals surface area contributed by atoms with Crippen molar-refractivity contribution in [3.8, 4) is 0 Å². The second-order valence-electron chi connectivity index (χ2n) is 4.75. The molecule has 100 valence electrons. The maximum atomic E-state index is 12.1. The lowest BCUT2D eigenvalue weighted by Crippen LogP contribution is -2.28. The summed E-state index contributed by atoms with van der Waals surface area (Å²) in [6.45, 7) is 4.29. The number of likely N-dealkylation sites (N-methyl/N-ethyl adjacent to an activating group) is 1. The highest BCUT2D eigenvalue weighted by Crippen LogP contribution is 2.06. The number of benzene rings is 1. The first kappa shape index (κ1) is 13.3. The van der Waals surface area contributed by atoms with E-state index < -0.39 is 0 Å². The van der Waals surface area contributed by atoms with Crippen LogP contribution in [-0.4, -0.2) is 33.0 Å². The van der Waals surface area contributed by atoms with Crippen molar-refractivity contribution in [1.82, 2.24) is 20.1 Å². The van der Waals surface area contributed by atoms with Crippen LogP contribution in [0.25, 0.3) is 0 Å². The summed E-state index contributed by atoms with van der Waals surface area (Å²) in [6.07, 6.45) is 0.403. The van der Waals surface area contributed by atoms with E-state index in [-0.39, 0.29) is 5.91 Å². The molecule has 0 spiro atoms. The third kappa shape index (κ3) is 3.64. The summed E-state index contributed by atoms with van der Waals surface area (Å²) in [4.78, 5) is 17.9. The molecule has 0 bridgehead atoms. The predicted molar refractivity (Wildman–Crippen MR) is 72.5 cm³/mol. The van der Waals surface area contributed by atoms with Crippen LogP contribution in [0, 0.1) is 13.8 Å². The molecule has 0 unspecified atom stereocenters. The minimum atomic E-state index is 0.0614. The molecule has 0 radical (unpaired) electrons. The quantitative estimate of drug-likeness (QED) is 0.906. The first-order valence-corrected chi connectivity index (χ1v) is 6.22. The number of rotatable bonds is 4. The summed E-state index contributed by atoms with van der Waals surface area (Å²) in [6, 6.07) is 8.00. The predicted octanol–water partition coefficient (Wildman–Crippen LogP) is 1.62. The maximum absolute atomic E-state index is 12.1. The molecule has 0 atom stereocenters. The van der Waals surface area contributed by atoms with Crippen molar-refractivity contribution in [2.45, 2.75) is 26.8 Å². The van der Waals surface area contributed by atoms with Crippen LogP contribution in [0.3, 0.4) is 0 Å². The van der Waals surface area contributed by atoms with Crippen LogP contribution in [0.5, 0.6) is 0 Å². The van der Waals surface area contributed by atoms with Gasteiger partial charge in [0.25, 0.3) is 0 Å². The molecule has 5 nitrogen and oxygen atoms in total. The van der Waals surface area contributed by atoms with Gasteiger partial charge in [-0.3, -0.25) is 9.89 Å². The van der Waals surface area contributed by atoms with Crippen molar-refractivity contribution in [2.75, 3.05) is 7.05 Å². The number of hydrogen-bond acceptors (Lipinski definition) is 3. The van der Waals surface area contributed by atoms with Gasteiger partial charge in [-0.15, -0.1) is 0 Å². The molecule has 2 rings (SSSR count). The average Bonchev–Trinajstić information content (AvgIpc) is 2.77. The Hall–Kier alpha value is -2.17. The fourth-order valence-corrected chi connectivity index (χ4v) is 1.78. The van der Waals surface area contributed by atoms with E-state index in [0.717, 1.165) is 11.4 Å². The topological polar surface area (TPSA) is 61.9 Å². The Balaban J connectivity index is 1.94. The lowest BCUT2D eigenvalue weighted by molar-refractivity contribution is -0.129. The van der Waals surface area contributed by atoms with Gasteiger partial charge in [0.2, 0.25) is 5.91 Å². The Morgan fingerprint density at radius 1 is 1.26 bits per heavy atom. The van der Waals surface area contributed by atoms with Crippen LogP contribution in [0.15, 0.2) is 24.3 Å². The van der Waals surface area contributed by atoms with Gasteiger partial charge in [-0.05, 0) is 19.4 Å². The highest BCUT2D eigenvalue weighted by Gasteiger charge is 2.12. The number of amides is 1. The van der Waals surface area contributed by atoms with Crippen molar-refractivity contribution in [2.24, 2.45) is 0 Å². The van der Waals surface area contributed by atoms with Crippen LogP contribution >= 0.6 is 0 Å². The van der Waals surface area contributed by atoms with Crippen LogP contribution < -0.4 is 0 Å². The Labute approximate surface area is 112 Å².